The van der Waals surface area contributed by atoms with Crippen molar-refractivity contribution in [1.82, 2.24) is 9.97 Å². The molecule has 0 bridgehead atoms. The van der Waals surface area contributed by atoms with E-state index in [1.807, 2.05) is 60.8 Å². The molecule has 0 saturated carbocycles. The highest BCUT2D eigenvalue weighted by atomic mass is 32.1. The second-order valence-corrected chi connectivity index (χ2v) is 14.1. The first-order valence-corrected chi connectivity index (χ1v) is 18.3. The molecule has 0 saturated heterocycles. The predicted molar refractivity (Wildman–Crippen MR) is 219 cm³/mol. The summed E-state index contributed by atoms with van der Waals surface area (Å²) in [7, 11) is 0. The van der Waals surface area contributed by atoms with Crippen molar-refractivity contribution in [3.05, 3.63) is 170 Å². The second kappa shape index (κ2) is 11.8. The van der Waals surface area contributed by atoms with Crippen molar-refractivity contribution in [2.75, 3.05) is 9.80 Å². The van der Waals surface area contributed by atoms with Gasteiger partial charge in [-0.05, 0) is 72.8 Å². The molecule has 0 aliphatic rings. The number of thiophene rings is 1. The van der Waals surface area contributed by atoms with Gasteiger partial charge < -0.3 is 13.7 Å². The van der Waals surface area contributed by atoms with Crippen molar-refractivity contribution in [2.45, 2.75) is 0 Å². The Bertz CT molecular complexity index is 2940. The molecule has 11 rings (SSSR count). The minimum absolute atomic E-state index is 0.594. The molecule has 0 unspecified atom stereocenters. The van der Waals surface area contributed by atoms with E-state index < -0.39 is 0 Å². The Morgan fingerprint density at radius 1 is 0.396 bits per heavy atom. The van der Waals surface area contributed by atoms with Crippen molar-refractivity contribution in [3.63, 3.8) is 0 Å². The van der Waals surface area contributed by atoms with E-state index >= 15 is 0 Å². The second-order valence-electron chi connectivity index (χ2n) is 13.1. The molecule has 11 aromatic rings. The Balaban J connectivity index is 1.03. The molecule has 0 fully saturated rings. The summed E-state index contributed by atoms with van der Waals surface area (Å²) in [6.45, 7) is 0. The molecule has 7 aromatic carbocycles. The predicted octanol–water partition coefficient (Wildman–Crippen LogP) is 13.6. The summed E-state index contributed by atoms with van der Waals surface area (Å²) in [6, 6.07) is 56.4. The Kier molecular flexibility index (Phi) is 6.62. The highest BCUT2D eigenvalue weighted by Crippen LogP contribution is 2.43. The van der Waals surface area contributed by atoms with Crippen molar-refractivity contribution in [3.8, 4) is 0 Å². The maximum atomic E-state index is 6.31. The van der Waals surface area contributed by atoms with Crippen LogP contribution in [0.3, 0.4) is 0 Å². The Morgan fingerprint density at radius 2 is 0.887 bits per heavy atom. The third-order valence-electron chi connectivity index (χ3n) is 9.93. The largest absolute Gasteiger partial charge is 0.456 e. The Morgan fingerprint density at radius 3 is 1.51 bits per heavy atom. The van der Waals surface area contributed by atoms with E-state index in [9.17, 15) is 0 Å². The summed E-state index contributed by atoms with van der Waals surface area (Å²) in [4.78, 5) is 15.5. The first kappa shape index (κ1) is 29.7. The highest BCUT2D eigenvalue weighted by Gasteiger charge is 2.21. The molecule has 0 spiro atoms. The molecule has 6 nitrogen and oxygen atoms in total. The number of hydrogen-bond donors (Lipinski definition) is 0. The average molecular weight is 701 g/mol. The van der Waals surface area contributed by atoms with Crippen LogP contribution in [0.4, 0.5) is 34.4 Å². The van der Waals surface area contributed by atoms with Crippen LogP contribution in [0, 0.1) is 0 Å². The van der Waals surface area contributed by atoms with Crippen LogP contribution in [0.25, 0.3) is 64.2 Å². The molecule has 0 aliphatic heterocycles. The molecule has 0 aliphatic carbocycles. The summed E-state index contributed by atoms with van der Waals surface area (Å²) in [5.74, 6) is 0.594. The number of fused-ring (bicyclic) bond motifs is 9. The third-order valence-corrected chi connectivity index (χ3v) is 11.0. The molecular formula is C46H28N4O2S. The lowest BCUT2D eigenvalue weighted by Gasteiger charge is -2.25. The molecule has 0 N–H and O–H groups in total. The van der Waals surface area contributed by atoms with Gasteiger partial charge in [-0.1, -0.05) is 78.9 Å². The molecule has 0 atom stereocenters. The topological polar surface area (TPSA) is 58.5 Å². The lowest BCUT2D eigenvalue weighted by atomic mass is 10.1. The van der Waals surface area contributed by atoms with Crippen LogP contribution < -0.4 is 9.80 Å². The zero-order valence-corrected chi connectivity index (χ0v) is 29.0. The van der Waals surface area contributed by atoms with E-state index in [0.29, 0.717) is 5.95 Å². The third kappa shape index (κ3) is 4.86. The van der Waals surface area contributed by atoms with Gasteiger partial charge in [0, 0.05) is 78.1 Å². The molecule has 250 valence electrons. The van der Waals surface area contributed by atoms with E-state index in [-0.39, 0.29) is 0 Å². The lowest BCUT2D eigenvalue weighted by molar-refractivity contribution is 0.668. The smallest absolute Gasteiger partial charge is 0.235 e. The summed E-state index contributed by atoms with van der Waals surface area (Å²) in [6.07, 6.45) is 1.95. The van der Waals surface area contributed by atoms with E-state index in [4.69, 9.17) is 18.8 Å². The molecule has 4 heterocycles. The number of furan rings is 2. The maximum Gasteiger partial charge on any atom is 0.235 e. The zero-order chi connectivity index (χ0) is 34.9. The standard InChI is InChI=1S/C46H28N4O2S/c1-3-11-29(12-4-1)49(31-19-22-36-34-15-7-9-17-40(34)51-42(36)25-31)33-21-24-38-39-28-47-46(48-45(39)53-44(38)27-33)50(30-13-5-2-6-14-30)32-20-23-37-35-16-8-10-18-41(35)52-43(37)26-32/h1-28H. The lowest BCUT2D eigenvalue weighted by Crippen LogP contribution is -2.13. The van der Waals surface area contributed by atoms with Crippen LogP contribution in [0.2, 0.25) is 0 Å². The van der Waals surface area contributed by atoms with E-state index in [2.05, 4.69) is 119 Å². The van der Waals surface area contributed by atoms with E-state index in [1.165, 1.54) is 0 Å². The first-order chi connectivity index (χ1) is 26.2. The normalized spacial score (nSPS) is 11.8. The maximum absolute atomic E-state index is 6.31. The summed E-state index contributed by atoms with van der Waals surface area (Å²) < 4.78 is 13.7. The summed E-state index contributed by atoms with van der Waals surface area (Å²) in [5, 5.41) is 6.55. The van der Waals surface area contributed by atoms with Crippen LogP contribution in [0.5, 0.6) is 0 Å². The Hall–Kier alpha value is -6.96. The number of aromatic nitrogens is 2. The number of nitrogens with zero attached hydrogens (tertiary/aromatic N) is 4. The number of hydrogen-bond acceptors (Lipinski definition) is 7. The van der Waals surface area contributed by atoms with E-state index in [0.717, 1.165) is 92.6 Å². The van der Waals surface area contributed by atoms with Crippen molar-refractivity contribution in [2.24, 2.45) is 0 Å². The van der Waals surface area contributed by atoms with Gasteiger partial charge in [-0.25, -0.2) is 9.97 Å². The molecule has 7 heteroatoms. The quantitative estimate of drug-likeness (QED) is 0.172. The van der Waals surface area contributed by atoms with Gasteiger partial charge in [0.05, 0.1) is 5.69 Å². The monoisotopic (exact) mass is 700 g/mol. The van der Waals surface area contributed by atoms with Crippen molar-refractivity contribution < 1.29 is 8.83 Å². The fourth-order valence-electron chi connectivity index (χ4n) is 7.48. The fraction of sp³-hybridized carbons (Fsp3) is 0. The summed E-state index contributed by atoms with van der Waals surface area (Å²) >= 11 is 1.68. The van der Waals surface area contributed by atoms with Crippen LogP contribution in [0.1, 0.15) is 0 Å². The van der Waals surface area contributed by atoms with Gasteiger partial charge in [0.25, 0.3) is 0 Å². The molecular weight excluding hydrogens is 673 g/mol. The molecule has 53 heavy (non-hydrogen) atoms. The van der Waals surface area contributed by atoms with Gasteiger partial charge in [-0.2, -0.15) is 0 Å². The number of para-hydroxylation sites is 4. The average Bonchev–Trinajstić information content (AvgIpc) is 3.89. The van der Waals surface area contributed by atoms with Crippen molar-refractivity contribution in [1.29, 1.82) is 0 Å². The van der Waals surface area contributed by atoms with Gasteiger partial charge in [-0.3, -0.25) is 4.90 Å². The number of anilines is 6. The van der Waals surface area contributed by atoms with Gasteiger partial charge in [0.1, 0.15) is 27.2 Å². The van der Waals surface area contributed by atoms with Gasteiger partial charge in [-0.15, -0.1) is 11.3 Å². The Labute approximate surface area is 307 Å². The van der Waals surface area contributed by atoms with Crippen molar-refractivity contribution >= 4 is 110 Å². The number of rotatable bonds is 6. The highest BCUT2D eigenvalue weighted by molar-refractivity contribution is 7.25. The fourth-order valence-corrected chi connectivity index (χ4v) is 8.55. The SMILES string of the molecule is c1ccc(N(c2ccc3c(c2)oc2ccccc23)c2ccc3c(c2)sc2nc(N(c4ccccc4)c4ccc5c(c4)oc4ccccc45)ncc23)cc1. The minimum Gasteiger partial charge on any atom is -0.456 e. The minimum atomic E-state index is 0.594. The zero-order valence-electron chi connectivity index (χ0n) is 28.2. The molecule has 0 amide bonds. The van der Waals surface area contributed by atoms with Gasteiger partial charge in [0.2, 0.25) is 5.95 Å². The van der Waals surface area contributed by atoms with Crippen LogP contribution in [0.15, 0.2) is 179 Å². The number of benzene rings is 7. The first-order valence-electron chi connectivity index (χ1n) is 17.5. The van der Waals surface area contributed by atoms with Crippen LogP contribution in [-0.4, -0.2) is 9.97 Å². The van der Waals surface area contributed by atoms with Crippen LogP contribution >= 0.6 is 11.3 Å². The van der Waals surface area contributed by atoms with E-state index in [1.54, 1.807) is 11.3 Å². The molecule has 0 radical (unpaired) electrons. The van der Waals surface area contributed by atoms with Gasteiger partial charge in [0.15, 0.2) is 0 Å². The van der Waals surface area contributed by atoms with Gasteiger partial charge >= 0.3 is 0 Å². The summed E-state index contributed by atoms with van der Waals surface area (Å²) in [5.41, 5.74) is 8.45. The molecule has 4 aromatic heterocycles. The van der Waals surface area contributed by atoms with Crippen LogP contribution in [-0.2, 0) is 0 Å².